The van der Waals surface area contributed by atoms with Gasteiger partial charge in [-0.1, -0.05) is 13.8 Å². The van der Waals surface area contributed by atoms with Crippen molar-refractivity contribution in [2.75, 3.05) is 26.2 Å². The second-order valence-electron chi connectivity index (χ2n) is 4.18. The molecule has 0 aliphatic heterocycles. The number of nitrogens with zero attached hydrogens (tertiary/aromatic N) is 3. The number of hydrogen-bond acceptors (Lipinski definition) is 4. The lowest BCUT2D eigenvalue weighted by molar-refractivity contribution is -0.139. The molecule has 0 aliphatic rings. The Morgan fingerprint density at radius 1 is 1.56 bits per heavy atom. The number of nitrogens with one attached hydrogen (secondary N) is 1. The number of carbonyl (C=O) groups is 1. The average molecular weight is 254 g/mol. The lowest BCUT2D eigenvalue weighted by Gasteiger charge is -2.20. The van der Waals surface area contributed by atoms with E-state index < -0.39 is 12.0 Å². The van der Waals surface area contributed by atoms with Crippen LogP contribution in [0.4, 0.5) is 0 Å². The standard InChI is InChI=1S/C12H22N4O2/c1-4-16(5-2)7-6-14-11(12(17)18)10-8-13-9-15(10)3/h8-9,11,14H,4-7H2,1-3H3,(H,17,18). The quantitative estimate of drug-likeness (QED) is 0.706. The van der Waals surface area contributed by atoms with E-state index in [0.717, 1.165) is 19.6 Å². The summed E-state index contributed by atoms with van der Waals surface area (Å²) in [6, 6.07) is -0.701. The molecule has 2 N–H and O–H groups in total. The Morgan fingerprint density at radius 2 is 2.22 bits per heavy atom. The Hall–Kier alpha value is -1.40. The highest BCUT2D eigenvalue weighted by Gasteiger charge is 2.21. The molecule has 1 rings (SSSR count). The molecule has 6 heteroatoms. The van der Waals surface area contributed by atoms with Crippen LogP contribution in [0.1, 0.15) is 25.6 Å². The second kappa shape index (κ2) is 7.13. The number of imidazole rings is 1. The van der Waals surface area contributed by atoms with E-state index in [1.807, 2.05) is 0 Å². The van der Waals surface area contributed by atoms with Crippen molar-refractivity contribution < 1.29 is 9.90 Å². The van der Waals surface area contributed by atoms with Crippen molar-refractivity contribution in [3.05, 3.63) is 18.2 Å². The number of hydrogen-bond donors (Lipinski definition) is 2. The van der Waals surface area contributed by atoms with Crippen LogP contribution in [0.5, 0.6) is 0 Å². The van der Waals surface area contributed by atoms with Crippen LogP contribution in [0.15, 0.2) is 12.5 Å². The van der Waals surface area contributed by atoms with Gasteiger partial charge < -0.3 is 14.6 Å². The third kappa shape index (κ3) is 3.82. The van der Waals surface area contributed by atoms with Gasteiger partial charge in [0, 0.05) is 20.1 Å². The summed E-state index contributed by atoms with van der Waals surface area (Å²) < 4.78 is 1.73. The zero-order chi connectivity index (χ0) is 13.5. The average Bonchev–Trinajstić information content (AvgIpc) is 2.75. The van der Waals surface area contributed by atoms with Crippen LogP contribution >= 0.6 is 0 Å². The predicted octanol–water partition coefficient (Wildman–Crippen LogP) is 0.477. The zero-order valence-corrected chi connectivity index (χ0v) is 11.3. The molecule has 18 heavy (non-hydrogen) atoms. The maximum absolute atomic E-state index is 11.2. The van der Waals surface area contributed by atoms with Crippen LogP contribution in [0, 0.1) is 0 Å². The van der Waals surface area contributed by atoms with Gasteiger partial charge in [0.15, 0.2) is 0 Å². The minimum Gasteiger partial charge on any atom is -0.480 e. The van der Waals surface area contributed by atoms with Gasteiger partial charge in [-0.05, 0) is 13.1 Å². The summed E-state index contributed by atoms with van der Waals surface area (Å²) in [5.41, 5.74) is 0.669. The molecule has 1 unspecified atom stereocenters. The number of aromatic nitrogens is 2. The molecule has 0 bridgehead atoms. The molecule has 0 amide bonds. The van der Waals surface area contributed by atoms with E-state index in [1.165, 1.54) is 0 Å². The van der Waals surface area contributed by atoms with E-state index in [-0.39, 0.29) is 0 Å². The summed E-state index contributed by atoms with van der Waals surface area (Å²) in [5, 5.41) is 12.3. The van der Waals surface area contributed by atoms with Gasteiger partial charge >= 0.3 is 5.97 Å². The van der Waals surface area contributed by atoms with Crippen molar-refractivity contribution >= 4 is 5.97 Å². The third-order valence-electron chi connectivity index (χ3n) is 3.07. The largest absolute Gasteiger partial charge is 0.480 e. The van der Waals surface area contributed by atoms with Crippen LogP contribution in [-0.2, 0) is 11.8 Å². The van der Waals surface area contributed by atoms with Gasteiger partial charge in [0.25, 0.3) is 0 Å². The van der Waals surface area contributed by atoms with Gasteiger partial charge in [0.05, 0.1) is 18.2 Å². The zero-order valence-electron chi connectivity index (χ0n) is 11.3. The van der Waals surface area contributed by atoms with Gasteiger partial charge in [-0.15, -0.1) is 0 Å². The molecular weight excluding hydrogens is 232 g/mol. The van der Waals surface area contributed by atoms with Crippen molar-refractivity contribution in [3.63, 3.8) is 0 Å². The lowest BCUT2D eigenvalue weighted by atomic mass is 10.2. The molecule has 0 aliphatic carbocycles. The monoisotopic (exact) mass is 254 g/mol. The molecule has 0 saturated carbocycles. The fraction of sp³-hybridized carbons (Fsp3) is 0.667. The Balaban J connectivity index is 2.55. The highest BCUT2D eigenvalue weighted by Crippen LogP contribution is 2.11. The molecule has 6 nitrogen and oxygen atoms in total. The maximum atomic E-state index is 11.2. The fourth-order valence-electron chi connectivity index (χ4n) is 1.87. The van der Waals surface area contributed by atoms with Gasteiger partial charge in [0.1, 0.15) is 6.04 Å². The first-order valence-corrected chi connectivity index (χ1v) is 6.24. The lowest BCUT2D eigenvalue weighted by Crippen LogP contribution is -2.37. The van der Waals surface area contributed by atoms with Gasteiger partial charge in [-0.3, -0.25) is 10.1 Å². The molecule has 0 fully saturated rings. The summed E-state index contributed by atoms with van der Waals surface area (Å²) in [4.78, 5) is 17.4. The Morgan fingerprint density at radius 3 is 2.67 bits per heavy atom. The van der Waals surface area contributed by atoms with E-state index in [0.29, 0.717) is 12.2 Å². The summed E-state index contributed by atoms with van der Waals surface area (Å²) in [7, 11) is 1.80. The topological polar surface area (TPSA) is 70.4 Å². The Bertz CT molecular complexity index is 374. The maximum Gasteiger partial charge on any atom is 0.326 e. The van der Waals surface area contributed by atoms with Crippen molar-refractivity contribution in [3.8, 4) is 0 Å². The van der Waals surface area contributed by atoms with E-state index >= 15 is 0 Å². The normalized spacial score (nSPS) is 12.9. The summed E-state index contributed by atoms with van der Waals surface area (Å²) >= 11 is 0. The molecule has 1 aromatic heterocycles. The van der Waals surface area contributed by atoms with Crippen molar-refractivity contribution in [1.82, 2.24) is 19.8 Å². The molecule has 0 spiro atoms. The minimum atomic E-state index is -0.877. The number of carboxylic acids is 1. The van der Waals surface area contributed by atoms with Gasteiger partial charge in [-0.2, -0.15) is 0 Å². The van der Waals surface area contributed by atoms with Gasteiger partial charge in [0.2, 0.25) is 0 Å². The van der Waals surface area contributed by atoms with Crippen molar-refractivity contribution in [2.45, 2.75) is 19.9 Å². The van der Waals surface area contributed by atoms with E-state index in [4.69, 9.17) is 0 Å². The van der Waals surface area contributed by atoms with E-state index in [9.17, 15) is 9.90 Å². The molecule has 1 atom stereocenters. The van der Waals surface area contributed by atoms with E-state index in [2.05, 4.69) is 29.0 Å². The highest BCUT2D eigenvalue weighted by atomic mass is 16.4. The van der Waals surface area contributed by atoms with E-state index in [1.54, 1.807) is 24.1 Å². The first kappa shape index (κ1) is 14.7. The van der Waals surface area contributed by atoms with Crippen LogP contribution in [-0.4, -0.2) is 51.7 Å². The van der Waals surface area contributed by atoms with Crippen molar-refractivity contribution in [2.24, 2.45) is 7.05 Å². The van der Waals surface area contributed by atoms with Gasteiger partial charge in [-0.25, -0.2) is 4.98 Å². The molecule has 0 aromatic carbocycles. The van der Waals surface area contributed by atoms with Crippen molar-refractivity contribution in [1.29, 1.82) is 0 Å². The smallest absolute Gasteiger partial charge is 0.326 e. The molecular formula is C12H22N4O2. The molecule has 1 heterocycles. The highest BCUT2D eigenvalue weighted by molar-refractivity contribution is 5.74. The second-order valence-corrected chi connectivity index (χ2v) is 4.18. The number of likely N-dealkylation sites (N-methyl/N-ethyl adjacent to an activating group) is 1. The molecule has 1 aromatic rings. The molecule has 102 valence electrons. The number of rotatable bonds is 8. The summed E-state index contributed by atoms with van der Waals surface area (Å²) in [6.45, 7) is 7.63. The molecule has 0 saturated heterocycles. The third-order valence-corrected chi connectivity index (χ3v) is 3.07. The first-order chi connectivity index (χ1) is 8.60. The van der Waals surface area contributed by atoms with Crippen LogP contribution in [0.25, 0.3) is 0 Å². The van der Waals surface area contributed by atoms with Crippen LogP contribution in [0.3, 0.4) is 0 Å². The van der Waals surface area contributed by atoms with Crippen LogP contribution in [0.2, 0.25) is 0 Å². The summed E-state index contributed by atoms with van der Waals surface area (Å²) in [6.07, 6.45) is 3.19. The number of aryl methyl sites for hydroxylation is 1. The number of carboxylic acid groups (broad SMARTS) is 1. The Labute approximate surface area is 108 Å². The Kier molecular flexibility index (Phi) is 5.80. The summed E-state index contributed by atoms with van der Waals surface area (Å²) in [5.74, 6) is -0.877. The first-order valence-electron chi connectivity index (χ1n) is 6.24. The van der Waals surface area contributed by atoms with Crippen LogP contribution < -0.4 is 5.32 Å². The predicted molar refractivity (Wildman–Crippen MR) is 69.4 cm³/mol. The fourth-order valence-corrected chi connectivity index (χ4v) is 1.87. The molecule has 0 radical (unpaired) electrons. The number of aliphatic carboxylic acids is 1. The minimum absolute atomic E-state index is 0.643. The SMILES string of the molecule is CCN(CC)CCNC(C(=O)O)c1cncn1C.